The Balaban J connectivity index is 1.43. The lowest BCUT2D eigenvalue weighted by molar-refractivity contribution is -0.133. The first-order valence-electron chi connectivity index (χ1n) is 10.5. The number of nitrogens with two attached hydrogens (primary N) is 1. The third-order valence-corrected chi connectivity index (χ3v) is 5.16. The van der Waals surface area contributed by atoms with Gasteiger partial charge in [-0.25, -0.2) is 0 Å². The summed E-state index contributed by atoms with van der Waals surface area (Å²) in [4.78, 5) is 47.0. The summed E-state index contributed by atoms with van der Waals surface area (Å²) in [7, 11) is 0. The van der Waals surface area contributed by atoms with Gasteiger partial charge in [0.1, 0.15) is 5.92 Å². The zero-order valence-corrected chi connectivity index (χ0v) is 18.0. The van der Waals surface area contributed by atoms with E-state index < -0.39 is 17.7 Å². The zero-order valence-electron chi connectivity index (χ0n) is 18.0. The predicted molar refractivity (Wildman–Crippen MR) is 121 cm³/mol. The third kappa shape index (κ3) is 6.01. The molecule has 1 aliphatic rings. The number of ketones is 1. The summed E-state index contributed by atoms with van der Waals surface area (Å²) in [5.41, 5.74) is 7.43. The van der Waals surface area contributed by atoms with Crippen LogP contribution in [-0.2, 0) is 25.6 Å². The highest BCUT2D eigenvalue weighted by Gasteiger charge is 2.23. The summed E-state index contributed by atoms with van der Waals surface area (Å²) in [6, 6.07) is 3.78. The second-order valence-corrected chi connectivity index (χ2v) is 7.55. The van der Waals surface area contributed by atoms with E-state index in [2.05, 4.69) is 16.6 Å². The fourth-order valence-corrected chi connectivity index (χ4v) is 3.49. The Morgan fingerprint density at radius 1 is 1.24 bits per heavy atom. The molecular formula is C24H25N3O6. The molecule has 0 spiro atoms. The molecule has 3 amide bonds. The van der Waals surface area contributed by atoms with Crippen molar-refractivity contribution >= 4 is 40.6 Å². The van der Waals surface area contributed by atoms with Crippen LogP contribution < -0.4 is 21.1 Å². The van der Waals surface area contributed by atoms with Gasteiger partial charge in [-0.05, 0) is 30.2 Å². The number of allylic oxidation sites excluding steroid dienone is 1. The van der Waals surface area contributed by atoms with Gasteiger partial charge in [0.15, 0.2) is 17.1 Å². The van der Waals surface area contributed by atoms with Crippen LogP contribution in [0.1, 0.15) is 30.4 Å². The molecule has 4 N–H and O–H groups in total. The highest BCUT2D eigenvalue weighted by molar-refractivity contribution is 6.02. The number of benzene rings is 1. The first-order valence-corrected chi connectivity index (χ1v) is 10.5. The highest BCUT2D eigenvalue weighted by Crippen LogP contribution is 2.36. The minimum absolute atomic E-state index is 0.00818. The van der Waals surface area contributed by atoms with Crippen molar-refractivity contribution < 1.29 is 28.3 Å². The molecule has 0 fully saturated rings. The van der Waals surface area contributed by atoms with Crippen LogP contribution in [0.2, 0.25) is 0 Å². The van der Waals surface area contributed by atoms with Gasteiger partial charge in [0, 0.05) is 43.3 Å². The Hall–Kier alpha value is -4.06. The Labute approximate surface area is 190 Å². The van der Waals surface area contributed by atoms with Crippen molar-refractivity contribution in [2.45, 2.75) is 25.7 Å². The average molecular weight is 451 g/mol. The number of hydrogen-bond acceptors (Lipinski definition) is 6. The summed E-state index contributed by atoms with van der Waals surface area (Å²) in [6.07, 6.45) is 10.8. The lowest BCUT2D eigenvalue weighted by atomic mass is 9.94. The van der Waals surface area contributed by atoms with Gasteiger partial charge in [0.2, 0.25) is 17.7 Å². The molecule has 0 saturated heterocycles. The molecule has 1 aromatic carbocycles. The summed E-state index contributed by atoms with van der Waals surface area (Å²) in [6.45, 7) is 0.602. The van der Waals surface area contributed by atoms with E-state index in [9.17, 15) is 19.2 Å². The van der Waals surface area contributed by atoms with Gasteiger partial charge < -0.3 is 25.5 Å². The molecule has 3 rings (SSSR count). The molecule has 1 heterocycles. The molecule has 1 atom stereocenters. The normalized spacial score (nSPS) is 13.1. The fraction of sp³-hybridized carbons (Fsp3) is 0.333. The molecule has 0 bridgehead atoms. The quantitative estimate of drug-likeness (QED) is 0.265. The molecule has 9 nitrogen and oxygen atoms in total. The van der Waals surface area contributed by atoms with Crippen LogP contribution in [0.3, 0.4) is 0 Å². The fourth-order valence-electron chi connectivity index (χ4n) is 3.49. The second-order valence-electron chi connectivity index (χ2n) is 7.55. The summed E-state index contributed by atoms with van der Waals surface area (Å²) >= 11 is 0. The number of hydrogen-bond donors (Lipinski definition) is 3. The maximum absolute atomic E-state index is 12.0. The van der Waals surface area contributed by atoms with Gasteiger partial charge in [0.05, 0.1) is 12.9 Å². The van der Waals surface area contributed by atoms with Gasteiger partial charge in [-0.2, -0.15) is 0 Å². The van der Waals surface area contributed by atoms with Crippen LogP contribution in [-0.4, -0.2) is 43.2 Å². The Morgan fingerprint density at radius 3 is 2.79 bits per heavy atom. The largest absolute Gasteiger partial charge is 0.489 e. The van der Waals surface area contributed by atoms with Crippen LogP contribution in [0.25, 0.3) is 17.0 Å². The number of fused-ring (bicyclic) bond motifs is 2. The van der Waals surface area contributed by atoms with Crippen molar-refractivity contribution in [3.63, 3.8) is 0 Å². The molecule has 1 unspecified atom stereocenters. The van der Waals surface area contributed by atoms with Crippen LogP contribution in [0, 0.1) is 18.3 Å². The second kappa shape index (κ2) is 11.0. The number of nitrogens with one attached hydrogen (secondary N) is 2. The number of furan rings is 1. The molecule has 172 valence electrons. The molecular weight excluding hydrogens is 426 g/mol. The lowest BCUT2D eigenvalue weighted by Crippen LogP contribution is -2.41. The monoisotopic (exact) mass is 451 g/mol. The molecule has 33 heavy (non-hydrogen) atoms. The summed E-state index contributed by atoms with van der Waals surface area (Å²) < 4.78 is 11.5. The number of rotatable bonds is 11. The maximum Gasteiger partial charge on any atom is 0.233 e. The number of ether oxygens (including phenoxy) is 1. The van der Waals surface area contributed by atoms with Gasteiger partial charge in [-0.3, -0.25) is 19.2 Å². The van der Waals surface area contributed by atoms with Crippen molar-refractivity contribution in [3.8, 4) is 18.1 Å². The molecule has 2 aromatic rings. The van der Waals surface area contributed by atoms with E-state index in [4.69, 9.17) is 21.3 Å². The Morgan fingerprint density at radius 2 is 2.03 bits per heavy atom. The van der Waals surface area contributed by atoms with E-state index in [1.165, 1.54) is 0 Å². The van der Waals surface area contributed by atoms with Crippen LogP contribution >= 0.6 is 0 Å². The van der Waals surface area contributed by atoms with Gasteiger partial charge in [0.25, 0.3) is 0 Å². The zero-order chi connectivity index (χ0) is 23.8. The van der Waals surface area contributed by atoms with E-state index in [-0.39, 0.29) is 50.6 Å². The van der Waals surface area contributed by atoms with Crippen molar-refractivity contribution in [2.75, 3.05) is 19.7 Å². The number of carbonyl (C=O) groups is 4. The molecule has 0 aliphatic heterocycles. The third-order valence-electron chi connectivity index (χ3n) is 5.16. The lowest BCUT2D eigenvalue weighted by Gasteiger charge is -2.16. The number of primary amides is 1. The maximum atomic E-state index is 12.0. The van der Waals surface area contributed by atoms with Gasteiger partial charge in [-0.1, -0.05) is 6.08 Å². The van der Waals surface area contributed by atoms with Crippen molar-refractivity contribution in [1.82, 2.24) is 10.6 Å². The Bertz CT molecular complexity index is 1140. The van der Waals surface area contributed by atoms with Crippen molar-refractivity contribution in [2.24, 2.45) is 11.7 Å². The predicted octanol–water partition coefficient (Wildman–Crippen LogP) is 1.09. The molecule has 1 aliphatic carbocycles. The average Bonchev–Trinajstić information content (AvgIpc) is 3.25. The van der Waals surface area contributed by atoms with Crippen LogP contribution in [0.5, 0.6) is 5.75 Å². The van der Waals surface area contributed by atoms with E-state index in [1.54, 1.807) is 18.4 Å². The molecule has 1 aromatic heterocycles. The SMILES string of the molecule is C#CCC(C(N)=O)C(=O)NCCNC(=O)CCCOc1c2c(cc3ccoc13)C=CC(=O)C2. The van der Waals surface area contributed by atoms with Crippen molar-refractivity contribution in [3.05, 3.63) is 35.6 Å². The smallest absolute Gasteiger partial charge is 0.233 e. The topological polar surface area (TPSA) is 141 Å². The Kier molecular flexibility index (Phi) is 7.86. The molecule has 0 saturated carbocycles. The molecule has 0 radical (unpaired) electrons. The van der Waals surface area contributed by atoms with Crippen LogP contribution in [0.4, 0.5) is 0 Å². The number of amides is 3. The first kappa shape index (κ1) is 23.6. The van der Waals surface area contributed by atoms with E-state index in [0.29, 0.717) is 17.8 Å². The number of terminal acetylenes is 1. The summed E-state index contributed by atoms with van der Waals surface area (Å²) in [5.74, 6) is 0.113. The van der Waals surface area contributed by atoms with Gasteiger partial charge in [-0.15, -0.1) is 12.3 Å². The minimum atomic E-state index is -1.09. The summed E-state index contributed by atoms with van der Waals surface area (Å²) in [5, 5.41) is 6.08. The highest BCUT2D eigenvalue weighted by atomic mass is 16.5. The minimum Gasteiger partial charge on any atom is -0.489 e. The first-order chi connectivity index (χ1) is 15.9. The van der Waals surface area contributed by atoms with Crippen LogP contribution in [0.15, 0.2) is 28.9 Å². The van der Waals surface area contributed by atoms with Crippen molar-refractivity contribution in [1.29, 1.82) is 0 Å². The van der Waals surface area contributed by atoms with E-state index in [0.717, 1.165) is 16.5 Å². The van der Waals surface area contributed by atoms with E-state index in [1.807, 2.05) is 12.1 Å². The van der Waals surface area contributed by atoms with Gasteiger partial charge >= 0.3 is 0 Å². The standard InChI is InChI=1S/C24H25N3O6/c1-2-4-18(23(25)30)24(31)27-10-9-26-20(29)5-3-11-32-22-19-14-17(28)7-6-15(19)13-16-8-12-33-21(16)22/h1,6-8,12-13,18H,3-5,9-11,14H2,(H2,25,30)(H,26,29)(H,27,31). The number of carbonyl (C=O) groups excluding carboxylic acids is 4. The molecule has 9 heteroatoms. The van der Waals surface area contributed by atoms with E-state index >= 15 is 0 Å².